The Balaban J connectivity index is 2.04. The Morgan fingerprint density at radius 2 is 1.83 bits per heavy atom. The molecule has 0 aromatic heterocycles. The summed E-state index contributed by atoms with van der Waals surface area (Å²) in [4.78, 5) is 12.2. The largest absolute Gasteiger partial charge is 0.337 e. The van der Waals surface area contributed by atoms with Gasteiger partial charge in [0.25, 0.3) is 0 Å². The maximum absolute atomic E-state index is 12.2. The van der Waals surface area contributed by atoms with Gasteiger partial charge in [0, 0.05) is 6.04 Å². The van der Waals surface area contributed by atoms with Gasteiger partial charge in [-0.25, -0.2) is 0 Å². The minimum Gasteiger partial charge on any atom is -0.337 e. The standard InChI is InChI=1S/C20H25N3O/c1-14(2)20(4,13-21)23-19(24)12-22-15(3)17-11-7-9-16-8-5-6-10-18(16)17/h5-11,14-15,22H,12H2,1-4H3,(H,23,24)/t15-,20+/m0/s1. The summed E-state index contributed by atoms with van der Waals surface area (Å²) in [6, 6.07) is 16.6. The summed E-state index contributed by atoms with van der Waals surface area (Å²) in [7, 11) is 0. The second kappa shape index (κ2) is 7.46. The lowest BCUT2D eigenvalue weighted by Crippen LogP contribution is -2.51. The fourth-order valence-corrected chi connectivity index (χ4v) is 2.62. The number of hydrogen-bond donors (Lipinski definition) is 2. The molecule has 0 aliphatic rings. The minimum atomic E-state index is -0.846. The first-order chi connectivity index (χ1) is 11.4. The number of hydrogen-bond acceptors (Lipinski definition) is 3. The van der Waals surface area contributed by atoms with Crippen LogP contribution in [0.15, 0.2) is 42.5 Å². The van der Waals surface area contributed by atoms with Crippen molar-refractivity contribution in [2.24, 2.45) is 5.92 Å². The van der Waals surface area contributed by atoms with Crippen molar-refractivity contribution in [2.45, 2.75) is 39.3 Å². The van der Waals surface area contributed by atoms with Gasteiger partial charge in [-0.05, 0) is 36.1 Å². The van der Waals surface area contributed by atoms with Crippen LogP contribution in [0.2, 0.25) is 0 Å². The highest BCUT2D eigenvalue weighted by Gasteiger charge is 2.29. The molecule has 0 saturated carbocycles. The Labute approximate surface area is 143 Å². The molecular formula is C20H25N3O. The van der Waals surface area contributed by atoms with Crippen LogP contribution in [-0.2, 0) is 4.79 Å². The topological polar surface area (TPSA) is 64.9 Å². The highest BCUT2D eigenvalue weighted by Crippen LogP contribution is 2.23. The summed E-state index contributed by atoms with van der Waals surface area (Å²) in [6.45, 7) is 7.82. The van der Waals surface area contributed by atoms with Crippen LogP contribution in [-0.4, -0.2) is 18.0 Å². The Morgan fingerprint density at radius 3 is 2.50 bits per heavy atom. The number of carbonyl (C=O) groups is 1. The van der Waals surface area contributed by atoms with Crippen LogP contribution in [0, 0.1) is 17.2 Å². The molecule has 4 nitrogen and oxygen atoms in total. The molecule has 2 aromatic rings. The lowest BCUT2D eigenvalue weighted by atomic mass is 9.90. The van der Waals surface area contributed by atoms with Crippen molar-refractivity contribution in [1.29, 1.82) is 5.26 Å². The summed E-state index contributed by atoms with van der Waals surface area (Å²) in [5, 5.41) is 17.7. The summed E-state index contributed by atoms with van der Waals surface area (Å²) in [6.07, 6.45) is 0. The fourth-order valence-electron chi connectivity index (χ4n) is 2.62. The van der Waals surface area contributed by atoms with Gasteiger partial charge in [0.2, 0.25) is 5.91 Å². The molecule has 4 heteroatoms. The molecule has 2 aromatic carbocycles. The van der Waals surface area contributed by atoms with Crippen molar-refractivity contribution in [3.63, 3.8) is 0 Å². The van der Waals surface area contributed by atoms with Crippen LogP contribution in [0.1, 0.15) is 39.3 Å². The molecule has 2 rings (SSSR count). The summed E-state index contributed by atoms with van der Waals surface area (Å²) < 4.78 is 0. The van der Waals surface area contributed by atoms with Crippen molar-refractivity contribution >= 4 is 16.7 Å². The van der Waals surface area contributed by atoms with E-state index in [-0.39, 0.29) is 24.4 Å². The number of benzene rings is 2. The van der Waals surface area contributed by atoms with Gasteiger partial charge in [-0.1, -0.05) is 56.3 Å². The first-order valence-electron chi connectivity index (χ1n) is 8.30. The molecule has 0 heterocycles. The zero-order chi connectivity index (χ0) is 17.7. The van der Waals surface area contributed by atoms with Crippen molar-refractivity contribution < 1.29 is 4.79 Å². The molecule has 0 radical (unpaired) electrons. The van der Waals surface area contributed by atoms with Crippen molar-refractivity contribution in [3.05, 3.63) is 48.0 Å². The average molecular weight is 323 g/mol. The van der Waals surface area contributed by atoms with E-state index >= 15 is 0 Å². The zero-order valence-electron chi connectivity index (χ0n) is 14.8. The van der Waals surface area contributed by atoms with Crippen LogP contribution < -0.4 is 10.6 Å². The lowest BCUT2D eigenvalue weighted by molar-refractivity contribution is -0.122. The molecule has 0 unspecified atom stereocenters. The SMILES string of the molecule is CC(C)[C@@](C)(C#N)NC(=O)CN[C@@H](C)c1cccc2ccccc12. The van der Waals surface area contributed by atoms with Gasteiger partial charge in [0.1, 0.15) is 5.54 Å². The number of nitrogens with one attached hydrogen (secondary N) is 2. The van der Waals surface area contributed by atoms with E-state index in [4.69, 9.17) is 0 Å². The fraction of sp³-hybridized carbons (Fsp3) is 0.400. The molecule has 2 atom stereocenters. The summed E-state index contributed by atoms with van der Waals surface area (Å²) in [5.41, 5.74) is 0.314. The number of nitrogens with zero attached hydrogens (tertiary/aromatic N) is 1. The van der Waals surface area contributed by atoms with Gasteiger partial charge in [0.15, 0.2) is 0 Å². The first-order valence-corrected chi connectivity index (χ1v) is 8.30. The van der Waals surface area contributed by atoms with Crippen LogP contribution in [0.25, 0.3) is 10.8 Å². The van der Waals surface area contributed by atoms with E-state index in [0.29, 0.717) is 0 Å². The van der Waals surface area contributed by atoms with Crippen LogP contribution >= 0.6 is 0 Å². The van der Waals surface area contributed by atoms with E-state index in [0.717, 1.165) is 5.56 Å². The first kappa shape index (κ1) is 18.0. The Hall–Kier alpha value is -2.38. The van der Waals surface area contributed by atoms with E-state index in [1.807, 2.05) is 39.0 Å². The predicted octanol–water partition coefficient (Wildman–Crippen LogP) is 3.54. The summed E-state index contributed by atoms with van der Waals surface area (Å²) >= 11 is 0. The van der Waals surface area contributed by atoms with Crippen molar-refractivity contribution in [2.75, 3.05) is 6.54 Å². The number of carbonyl (C=O) groups excluding carboxylic acids is 1. The van der Waals surface area contributed by atoms with Crippen LogP contribution in [0.4, 0.5) is 0 Å². The molecule has 24 heavy (non-hydrogen) atoms. The van der Waals surface area contributed by atoms with Gasteiger partial charge >= 0.3 is 0 Å². The van der Waals surface area contributed by atoms with Gasteiger partial charge in [0.05, 0.1) is 12.6 Å². The maximum Gasteiger partial charge on any atom is 0.235 e. The zero-order valence-corrected chi connectivity index (χ0v) is 14.8. The van der Waals surface area contributed by atoms with Crippen molar-refractivity contribution in [3.8, 4) is 6.07 Å². The highest BCUT2D eigenvalue weighted by molar-refractivity contribution is 5.86. The van der Waals surface area contributed by atoms with E-state index in [1.165, 1.54) is 10.8 Å². The second-order valence-corrected chi connectivity index (χ2v) is 6.69. The third kappa shape index (κ3) is 3.93. The second-order valence-electron chi connectivity index (χ2n) is 6.69. The summed E-state index contributed by atoms with van der Waals surface area (Å²) in [5.74, 6) is -0.123. The third-order valence-electron chi connectivity index (χ3n) is 4.64. The molecule has 0 aliphatic carbocycles. The molecule has 0 spiro atoms. The highest BCUT2D eigenvalue weighted by atomic mass is 16.2. The van der Waals surface area contributed by atoms with E-state index in [1.54, 1.807) is 6.92 Å². The van der Waals surface area contributed by atoms with Crippen LogP contribution in [0.5, 0.6) is 0 Å². The number of nitriles is 1. The Kier molecular flexibility index (Phi) is 5.58. The molecule has 0 fully saturated rings. The van der Waals surface area contributed by atoms with Gasteiger partial charge in [-0.2, -0.15) is 5.26 Å². The normalized spacial score (nSPS) is 14.8. The molecule has 1 amide bonds. The van der Waals surface area contributed by atoms with Crippen LogP contribution in [0.3, 0.4) is 0 Å². The third-order valence-corrected chi connectivity index (χ3v) is 4.64. The molecule has 126 valence electrons. The van der Waals surface area contributed by atoms with E-state index < -0.39 is 5.54 Å². The Bertz CT molecular complexity index is 758. The molecule has 0 bridgehead atoms. The van der Waals surface area contributed by atoms with Gasteiger partial charge < -0.3 is 10.6 Å². The quantitative estimate of drug-likeness (QED) is 0.854. The predicted molar refractivity (Wildman–Crippen MR) is 97.4 cm³/mol. The molecule has 0 saturated heterocycles. The van der Waals surface area contributed by atoms with Gasteiger partial charge in [-0.3, -0.25) is 4.79 Å². The monoisotopic (exact) mass is 323 g/mol. The Morgan fingerprint density at radius 1 is 1.17 bits per heavy atom. The van der Waals surface area contributed by atoms with E-state index in [2.05, 4.69) is 41.0 Å². The van der Waals surface area contributed by atoms with E-state index in [9.17, 15) is 10.1 Å². The maximum atomic E-state index is 12.2. The molecule has 2 N–H and O–H groups in total. The lowest BCUT2D eigenvalue weighted by Gasteiger charge is -2.27. The van der Waals surface area contributed by atoms with Crippen molar-refractivity contribution in [1.82, 2.24) is 10.6 Å². The molecular weight excluding hydrogens is 298 g/mol. The smallest absolute Gasteiger partial charge is 0.235 e. The number of fused-ring (bicyclic) bond motifs is 1. The average Bonchev–Trinajstić information content (AvgIpc) is 2.58. The minimum absolute atomic E-state index is 0.0363. The number of rotatable bonds is 6. The van der Waals surface area contributed by atoms with Gasteiger partial charge in [-0.15, -0.1) is 0 Å². The number of amides is 1. The molecule has 0 aliphatic heterocycles.